The number of nitrogens with one attached hydrogen (secondary N) is 1. The van der Waals surface area contributed by atoms with Gasteiger partial charge in [-0.05, 0) is 45.7 Å². The molecular weight excluding hydrogens is 246 g/mol. The van der Waals surface area contributed by atoms with Gasteiger partial charge in [-0.1, -0.05) is 12.5 Å². The summed E-state index contributed by atoms with van der Waals surface area (Å²) < 4.78 is 27.5. The van der Waals surface area contributed by atoms with Crippen LogP contribution >= 0.6 is 0 Å². The van der Waals surface area contributed by atoms with Crippen molar-refractivity contribution >= 4 is 0 Å². The van der Waals surface area contributed by atoms with Gasteiger partial charge in [0.1, 0.15) is 11.6 Å². The second kappa shape index (κ2) is 5.97. The van der Waals surface area contributed by atoms with Crippen molar-refractivity contribution in [3.63, 3.8) is 0 Å². The molecule has 0 amide bonds. The van der Waals surface area contributed by atoms with Crippen LogP contribution in [0, 0.1) is 11.6 Å². The van der Waals surface area contributed by atoms with Crippen molar-refractivity contribution in [1.82, 2.24) is 10.4 Å². The molecule has 0 radical (unpaired) electrons. The molecule has 2 nitrogen and oxygen atoms in total. The van der Waals surface area contributed by atoms with Gasteiger partial charge in [0.25, 0.3) is 0 Å². The fourth-order valence-electron chi connectivity index (χ4n) is 2.89. The van der Waals surface area contributed by atoms with Crippen LogP contribution in [0.1, 0.15) is 51.6 Å². The lowest BCUT2D eigenvalue weighted by Crippen LogP contribution is -2.52. The van der Waals surface area contributed by atoms with Gasteiger partial charge in [-0.25, -0.2) is 19.2 Å². The van der Waals surface area contributed by atoms with Crippen LogP contribution in [0.15, 0.2) is 18.2 Å². The molecule has 0 bridgehead atoms. The molecule has 3 atom stereocenters. The highest BCUT2D eigenvalue weighted by Gasteiger charge is 2.27. The highest BCUT2D eigenvalue weighted by atomic mass is 19.1. The second-order valence-corrected chi connectivity index (χ2v) is 5.52. The zero-order chi connectivity index (χ0) is 14.0. The average Bonchev–Trinajstić information content (AvgIpc) is 2.34. The van der Waals surface area contributed by atoms with Gasteiger partial charge in [0.2, 0.25) is 0 Å². The molecule has 1 N–H and O–H groups in total. The lowest BCUT2D eigenvalue weighted by molar-refractivity contribution is 0.0309. The van der Waals surface area contributed by atoms with E-state index in [9.17, 15) is 8.78 Å². The Labute approximate surface area is 113 Å². The topological polar surface area (TPSA) is 15.3 Å². The van der Waals surface area contributed by atoms with Gasteiger partial charge in [-0.2, -0.15) is 0 Å². The van der Waals surface area contributed by atoms with E-state index in [4.69, 9.17) is 0 Å². The minimum absolute atomic E-state index is 0.118. The predicted molar refractivity (Wildman–Crippen MR) is 72.5 cm³/mol. The summed E-state index contributed by atoms with van der Waals surface area (Å²) in [5.41, 5.74) is 3.39. The van der Waals surface area contributed by atoms with E-state index in [0.29, 0.717) is 12.1 Å². The molecule has 2 rings (SSSR count). The molecule has 0 aromatic heterocycles. The van der Waals surface area contributed by atoms with Crippen LogP contribution in [0.3, 0.4) is 0 Å². The smallest absolute Gasteiger partial charge is 0.130 e. The normalized spacial score (nSPS) is 26.4. The van der Waals surface area contributed by atoms with Crippen molar-refractivity contribution in [2.75, 3.05) is 0 Å². The Morgan fingerprint density at radius 3 is 2.21 bits per heavy atom. The van der Waals surface area contributed by atoms with Crippen molar-refractivity contribution < 1.29 is 8.78 Å². The summed E-state index contributed by atoms with van der Waals surface area (Å²) in [6.45, 7) is 6.09. The number of hydrogen-bond donors (Lipinski definition) is 1. The van der Waals surface area contributed by atoms with Crippen LogP contribution in [0.5, 0.6) is 0 Å². The van der Waals surface area contributed by atoms with E-state index in [2.05, 4.69) is 24.3 Å². The molecule has 1 aromatic rings. The van der Waals surface area contributed by atoms with Crippen LogP contribution in [0.25, 0.3) is 0 Å². The highest BCUT2D eigenvalue weighted by molar-refractivity contribution is 5.22. The van der Waals surface area contributed by atoms with Gasteiger partial charge in [0.05, 0.1) is 0 Å². The number of hydrazine groups is 1. The minimum Gasteiger partial charge on any atom is -0.247 e. The number of rotatable bonds is 3. The molecule has 1 aliphatic heterocycles. The first-order valence-corrected chi connectivity index (χ1v) is 6.99. The fraction of sp³-hybridized carbons (Fsp3) is 0.600. The van der Waals surface area contributed by atoms with Gasteiger partial charge < -0.3 is 0 Å². The zero-order valence-electron chi connectivity index (χ0n) is 11.8. The summed E-state index contributed by atoms with van der Waals surface area (Å²) in [5, 5.41) is 2.14. The van der Waals surface area contributed by atoms with Crippen LogP contribution < -0.4 is 5.43 Å². The van der Waals surface area contributed by atoms with Crippen LogP contribution in [0.2, 0.25) is 0 Å². The Hall–Kier alpha value is -1.00. The minimum atomic E-state index is -0.489. The van der Waals surface area contributed by atoms with Gasteiger partial charge >= 0.3 is 0 Å². The van der Waals surface area contributed by atoms with Crippen molar-refractivity contribution in [2.45, 2.75) is 58.2 Å². The maximum Gasteiger partial charge on any atom is 0.130 e. The number of benzene rings is 1. The summed E-state index contributed by atoms with van der Waals surface area (Å²) in [6.07, 6.45) is 3.44. The molecule has 1 aromatic carbocycles. The van der Waals surface area contributed by atoms with E-state index in [-0.39, 0.29) is 11.6 Å². The molecule has 0 saturated carbocycles. The molecule has 1 aliphatic rings. The van der Waals surface area contributed by atoms with Crippen molar-refractivity contribution in [3.8, 4) is 0 Å². The van der Waals surface area contributed by atoms with E-state index in [1.807, 2.05) is 0 Å². The Bertz CT molecular complexity index is 406. The molecule has 1 heterocycles. The number of piperidine rings is 1. The Morgan fingerprint density at radius 2 is 1.68 bits per heavy atom. The van der Waals surface area contributed by atoms with Crippen LogP contribution in [-0.4, -0.2) is 17.1 Å². The highest BCUT2D eigenvalue weighted by Crippen LogP contribution is 2.25. The molecule has 3 unspecified atom stereocenters. The van der Waals surface area contributed by atoms with Gasteiger partial charge in [-0.3, -0.25) is 0 Å². The monoisotopic (exact) mass is 268 g/mol. The quantitative estimate of drug-likeness (QED) is 0.897. The molecule has 0 spiro atoms. The molecule has 1 fully saturated rings. The Balaban J connectivity index is 2.14. The van der Waals surface area contributed by atoms with E-state index < -0.39 is 11.6 Å². The van der Waals surface area contributed by atoms with Gasteiger partial charge in [0, 0.05) is 23.7 Å². The fourth-order valence-corrected chi connectivity index (χ4v) is 2.89. The summed E-state index contributed by atoms with van der Waals surface area (Å²) >= 11 is 0. The third kappa shape index (κ3) is 3.12. The van der Waals surface area contributed by atoms with Crippen molar-refractivity contribution in [2.24, 2.45) is 0 Å². The molecular formula is C15H22F2N2. The first kappa shape index (κ1) is 14.4. The third-order valence-corrected chi connectivity index (χ3v) is 3.97. The molecule has 19 heavy (non-hydrogen) atoms. The lowest BCUT2D eigenvalue weighted by atomic mass is 9.99. The summed E-state index contributed by atoms with van der Waals surface area (Å²) in [4.78, 5) is 0. The maximum absolute atomic E-state index is 13.8. The summed E-state index contributed by atoms with van der Waals surface area (Å²) in [6, 6.07) is 4.41. The molecule has 4 heteroatoms. The lowest BCUT2D eigenvalue weighted by Gasteiger charge is -2.41. The number of halogens is 2. The van der Waals surface area contributed by atoms with Crippen molar-refractivity contribution in [3.05, 3.63) is 35.4 Å². The van der Waals surface area contributed by atoms with Gasteiger partial charge in [-0.15, -0.1) is 0 Å². The third-order valence-electron chi connectivity index (χ3n) is 3.97. The number of nitrogens with zero attached hydrogens (tertiary/aromatic N) is 1. The van der Waals surface area contributed by atoms with Crippen LogP contribution in [-0.2, 0) is 0 Å². The largest absolute Gasteiger partial charge is 0.247 e. The summed E-state index contributed by atoms with van der Waals surface area (Å²) in [7, 11) is 0. The van der Waals surface area contributed by atoms with E-state index in [0.717, 1.165) is 12.8 Å². The zero-order valence-corrected chi connectivity index (χ0v) is 11.8. The molecule has 106 valence electrons. The first-order chi connectivity index (χ1) is 9.00. The van der Waals surface area contributed by atoms with Gasteiger partial charge in [0.15, 0.2) is 0 Å². The Kier molecular flexibility index (Phi) is 4.53. The Morgan fingerprint density at radius 1 is 1.16 bits per heavy atom. The molecule has 1 saturated heterocycles. The molecule has 0 aliphatic carbocycles. The van der Waals surface area contributed by atoms with Crippen molar-refractivity contribution in [1.29, 1.82) is 0 Å². The average molecular weight is 268 g/mol. The SMILES string of the molecule is CC(NN1C(C)CCCC1C)c1c(F)cccc1F. The standard InChI is InChI=1S/C15H22F2N2/c1-10-6-4-7-11(2)19(10)18-12(3)15-13(16)8-5-9-14(15)17/h5,8-12,18H,4,6-7H2,1-3H3. The van der Waals surface area contributed by atoms with Crippen LogP contribution in [0.4, 0.5) is 8.78 Å². The summed E-state index contributed by atoms with van der Waals surface area (Å²) in [5.74, 6) is -0.977. The number of hydrogen-bond acceptors (Lipinski definition) is 2. The second-order valence-electron chi connectivity index (χ2n) is 5.52. The van der Waals surface area contributed by atoms with E-state index in [1.165, 1.54) is 24.6 Å². The first-order valence-electron chi connectivity index (χ1n) is 6.99. The van der Waals surface area contributed by atoms with E-state index >= 15 is 0 Å². The predicted octanol–water partition coefficient (Wildman–Crippen LogP) is 3.79. The van der Waals surface area contributed by atoms with E-state index in [1.54, 1.807) is 6.92 Å². The maximum atomic E-state index is 13.8.